The topological polar surface area (TPSA) is 64.4 Å². The smallest absolute Gasteiger partial charge is 0.219 e. The number of hydrogen-bond donors (Lipinski definition) is 0. The zero-order valence-electron chi connectivity index (χ0n) is 12.3. The van der Waals surface area contributed by atoms with Gasteiger partial charge >= 0.3 is 0 Å². The molecule has 1 saturated heterocycles. The normalized spacial score (nSPS) is 22.2. The van der Waals surface area contributed by atoms with Crippen LogP contribution < -0.4 is 0 Å². The molecule has 6 nitrogen and oxygen atoms in total. The van der Waals surface area contributed by atoms with Crippen molar-refractivity contribution < 1.29 is 13.2 Å². The third-order valence-corrected chi connectivity index (χ3v) is 6.18. The maximum absolute atomic E-state index is 12.6. The van der Waals surface area contributed by atoms with Crippen LogP contribution in [0, 0.1) is 6.92 Å². The molecule has 7 heteroatoms. The zero-order valence-corrected chi connectivity index (χ0v) is 13.1. The van der Waals surface area contributed by atoms with Gasteiger partial charge in [0.05, 0.1) is 11.9 Å². The Bertz CT molecular complexity index is 541. The Morgan fingerprint density at radius 1 is 1.55 bits per heavy atom. The molecular weight excluding hydrogens is 278 g/mol. The molecule has 0 N–H and O–H groups in total. The van der Waals surface area contributed by atoms with Gasteiger partial charge in [0.15, 0.2) is 0 Å². The lowest BCUT2D eigenvalue weighted by molar-refractivity contribution is 0.197. The molecule has 20 heavy (non-hydrogen) atoms. The van der Waals surface area contributed by atoms with Crippen LogP contribution in [0.1, 0.15) is 25.6 Å². The van der Waals surface area contributed by atoms with Crippen molar-refractivity contribution in [2.24, 2.45) is 0 Å². The van der Waals surface area contributed by atoms with Gasteiger partial charge in [0.25, 0.3) is 0 Å². The maximum atomic E-state index is 12.6. The summed E-state index contributed by atoms with van der Waals surface area (Å²) in [5, 5.41) is -0.503. The van der Waals surface area contributed by atoms with E-state index in [0.29, 0.717) is 13.1 Å². The number of nitrogens with zero attached hydrogens (tertiary/aromatic N) is 3. The summed E-state index contributed by atoms with van der Waals surface area (Å²) in [6.45, 7) is 5.15. The van der Waals surface area contributed by atoms with Crippen molar-refractivity contribution in [2.45, 2.75) is 44.5 Å². The van der Waals surface area contributed by atoms with Crippen molar-refractivity contribution in [1.29, 1.82) is 0 Å². The Hall–Kier alpha value is -0.920. The van der Waals surface area contributed by atoms with Crippen molar-refractivity contribution in [3.63, 3.8) is 0 Å². The Kier molecular flexibility index (Phi) is 4.82. The van der Waals surface area contributed by atoms with Crippen molar-refractivity contribution >= 4 is 10.0 Å². The Morgan fingerprint density at radius 3 is 2.90 bits per heavy atom. The van der Waals surface area contributed by atoms with Crippen LogP contribution in [-0.4, -0.2) is 53.8 Å². The summed E-state index contributed by atoms with van der Waals surface area (Å²) in [5.41, 5.74) is 0. The van der Waals surface area contributed by atoms with Gasteiger partial charge in [-0.05, 0) is 26.7 Å². The van der Waals surface area contributed by atoms with Gasteiger partial charge in [-0.1, -0.05) is 0 Å². The number of rotatable bonds is 6. The maximum Gasteiger partial charge on any atom is 0.219 e. The van der Waals surface area contributed by atoms with Crippen LogP contribution in [0.15, 0.2) is 12.4 Å². The fourth-order valence-electron chi connectivity index (χ4n) is 2.70. The lowest BCUT2D eigenvalue weighted by Crippen LogP contribution is -2.43. The van der Waals surface area contributed by atoms with E-state index in [2.05, 4.69) is 4.98 Å². The number of sulfonamides is 1. The zero-order chi connectivity index (χ0) is 14.8. The Labute approximate surface area is 120 Å². The average molecular weight is 301 g/mol. The standard InChI is InChI=1S/C13H23N3O3S/c1-11(10-19-3)20(17,18)16-7-4-5-13(16)9-15-8-6-14-12(15)2/h6,8,11,13H,4-5,7,9-10H2,1-3H3. The largest absolute Gasteiger partial charge is 0.383 e. The molecule has 1 aromatic rings. The molecular formula is C13H23N3O3S. The van der Waals surface area contributed by atoms with E-state index in [1.807, 2.05) is 17.7 Å². The highest BCUT2D eigenvalue weighted by atomic mass is 32.2. The number of aryl methyl sites for hydroxylation is 1. The first kappa shape index (κ1) is 15.5. The van der Waals surface area contributed by atoms with Crippen LogP contribution in [0.5, 0.6) is 0 Å². The SMILES string of the molecule is COCC(C)S(=O)(=O)N1CCCC1Cn1ccnc1C. The van der Waals surface area contributed by atoms with Crippen LogP contribution in [0.25, 0.3) is 0 Å². The van der Waals surface area contributed by atoms with Gasteiger partial charge in [-0.3, -0.25) is 0 Å². The first-order valence-corrected chi connectivity index (χ1v) is 8.44. The summed E-state index contributed by atoms with van der Waals surface area (Å²) in [5.74, 6) is 0.916. The summed E-state index contributed by atoms with van der Waals surface area (Å²) in [6.07, 6.45) is 5.46. The highest BCUT2D eigenvalue weighted by Gasteiger charge is 2.37. The van der Waals surface area contributed by atoms with Gasteiger partial charge in [-0.2, -0.15) is 4.31 Å². The highest BCUT2D eigenvalue weighted by molar-refractivity contribution is 7.89. The van der Waals surface area contributed by atoms with E-state index >= 15 is 0 Å². The van der Waals surface area contributed by atoms with Crippen molar-refractivity contribution in [2.75, 3.05) is 20.3 Å². The molecule has 0 amide bonds. The Balaban J connectivity index is 2.13. The fourth-order valence-corrected chi connectivity index (χ4v) is 4.44. The second-order valence-electron chi connectivity index (χ2n) is 5.34. The second-order valence-corrected chi connectivity index (χ2v) is 7.65. The second kappa shape index (κ2) is 6.24. The lowest BCUT2D eigenvalue weighted by atomic mass is 10.2. The summed E-state index contributed by atoms with van der Waals surface area (Å²) in [4.78, 5) is 4.19. The summed E-state index contributed by atoms with van der Waals surface area (Å²) in [6, 6.07) is 0.0206. The van der Waals surface area contributed by atoms with Crippen LogP contribution in [0.4, 0.5) is 0 Å². The van der Waals surface area contributed by atoms with Crippen LogP contribution in [-0.2, 0) is 21.3 Å². The quantitative estimate of drug-likeness (QED) is 0.787. The minimum absolute atomic E-state index is 0.0206. The van der Waals surface area contributed by atoms with Crippen molar-refractivity contribution in [3.05, 3.63) is 18.2 Å². The molecule has 2 atom stereocenters. The lowest BCUT2D eigenvalue weighted by Gasteiger charge is -2.27. The van der Waals surface area contributed by atoms with E-state index in [4.69, 9.17) is 4.74 Å². The number of ether oxygens (including phenoxy) is 1. The molecule has 0 spiro atoms. The first-order valence-electron chi connectivity index (χ1n) is 6.94. The summed E-state index contributed by atoms with van der Waals surface area (Å²) in [7, 11) is -1.76. The van der Waals surface area contributed by atoms with Gasteiger partial charge in [-0.15, -0.1) is 0 Å². The van der Waals surface area contributed by atoms with Crippen LogP contribution in [0.3, 0.4) is 0 Å². The first-order chi connectivity index (χ1) is 9.46. The molecule has 0 radical (unpaired) electrons. The van der Waals surface area contributed by atoms with Gasteiger partial charge in [0.1, 0.15) is 5.82 Å². The molecule has 0 aromatic carbocycles. The van der Waals surface area contributed by atoms with E-state index in [1.54, 1.807) is 17.4 Å². The molecule has 1 aliphatic heterocycles. The van der Waals surface area contributed by atoms with Crippen LogP contribution >= 0.6 is 0 Å². The van der Waals surface area contributed by atoms with Crippen molar-refractivity contribution in [3.8, 4) is 0 Å². The molecule has 2 rings (SSSR count). The molecule has 0 saturated carbocycles. The molecule has 0 bridgehead atoms. The van der Waals surface area contributed by atoms with Crippen LogP contribution in [0.2, 0.25) is 0 Å². The Morgan fingerprint density at radius 2 is 2.30 bits per heavy atom. The predicted molar refractivity (Wildman–Crippen MR) is 76.9 cm³/mol. The number of aromatic nitrogens is 2. The van der Waals surface area contributed by atoms with Gasteiger partial charge < -0.3 is 9.30 Å². The summed E-state index contributed by atoms with van der Waals surface area (Å²) >= 11 is 0. The van der Waals surface area contributed by atoms with Gasteiger partial charge in [0.2, 0.25) is 10.0 Å². The third kappa shape index (κ3) is 3.05. The molecule has 2 heterocycles. The monoisotopic (exact) mass is 301 g/mol. The van der Waals surface area contributed by atoms with E-state index in [1.165, 1.54) is 7.11 Å². The minimum atomic E-state index is -3.29. The van der Waals surface area contributed by atoms with Gasteiger partial charge in [0, 0.05) is 38.6 Å². The number of hydrogen-bond acceptors (Lipinski definition) is 4. The molecule has 1 aromatic heterocycles. The van der Waals surface area contributed by atoms with Gasteiger partial charge in [-0.25, -0.2) is 13.4 Å². The molecule has 2 unspecified atom stereocenters. The average Bonchev–Trinajstić information content (AvgIpc) is 3.00. The molecule has 1 fully saturated rings. The molecule has 0 aliphatic carbocycles. The number of methoxy groups -OCH3 is 1. The predicted octanol–water partition coefficient (Wildman–Crippen LogP) is 1.02. The van der Waals surface area contributed by atoms with E-state index in [-0.39, 0.29) is 12.6 Å². The minimum Gasteiger partial charge on any atom is -0.383 e. The third-order valence-electron chi connectivity index (χ3n) is 3.89. The fraction of sp³-hybridized carbons (Fsp3) is 0.769. The summed E-state index contributed by atoms with van der Waals surface area (Å²) < 4.78 is 33.8. The molecule has 114 valence electrons. The van der Waals surface area contributed by atoms with E-state index in [0.717, 1.165) is 18.7 Å². The van der Waals surface area contributed by atoms with Crippen molar-refractivity contribution in [1.82, 2.24) is 13.9 Å². The van der Waals surface area contributed by atoms with E-state index in [9.17, 15) is 8.42 Å². The highest BCUT2D eigenvalue weighted by Crippen LogP contribution is 2.25. The number of imidazole rings is 1. The van der Waals surface area contributed by atoms with E-state index < -0.39 is 15.3 Å². The molecule has 1 aliphatic rings.